The van der Waals surface area contributed by atoms with Gasteiger partial charge < -0.3 is 14.2 Å². The molecule has 0 N–H and O–H groups in total. The summed E-state index contributed by atoms with van der Waals surface area (Å²) in [6.45, 7) is 5.96. The zero-order valence-corrected chi connectivity index (χ0v) is 19.0. The van der Waals surface area contributed by atoms with Crippen LogP contribution in [-0.2, 0) is 9.53 Å². The van der Waals surface area contributed by atoms with Gasteiger partial charge >= 0.3 is 0 Å². The van der Waals surface area contributed by atoms with Crippen LogP contribution in [0.4, 0.5) is 0 Å². The van der Waals surface area contributed by atoms with E-state index in [0.29, 0.717) is 41.4 Å². The molecule has 158 valence electrons. The summed E-state index contributed by atoms with van der Waals surface area (Å²) >= 11 is 6.47. The van der Waals surface area contributed by atoms with Crippen molar-refractivity contribution in [2.24, 2.45) is 0 Å². The molecule has 30 heavy (non-hydrogen) atoms. The highest BCUT2D eigenvalue weighted by Crippen LogP contribution is 2.33. The predicted molar refractivity (Wildman–Crippen MR) is 125 cm³/mol. The molecule has 0 aromatic heterocycles. The number of hydrogen-bond donors (Lipinski definition) is 0. The van der Waals surface area contributed by atoms with Gasteiger partial charge in [-0.1, -0.05) is 48.2 Å². The van der Waals surface area contributed by atoms with Gasteiger partial charge in [-0.3, -0.25) is 9.69 Å². The van der Waals surface area contributed by atoms with Crippen molar-refractivity contribution in [3.63, 3.8) is 0 Å². The Hall–Kier alpha value is -2.35. The molecule has 1 fully saturated rings. The molecule has 1 aliphatic heterocycles. The lowest BCUT2D eigenvalue weighted by Gasteiger charge is -2.11. The van der Waals surface area contributed by atoms with Crippen molar-refractivity contribution in [3.05, 3.63) is 64.1 Å². The normalized spacial score (nSPS) is 15.2. The number of rotatable bonds is 9. The molecule has 7 heteroatoms. The van der Waals surface area contributed by atoms with Crippen LogP contribution in [0.1, 0.15) is 16.7 Å². The van der Waals surface area contributed by atoms with E-state index in [1.165, 1.54) is 27.8 Å². The highest BCUT2D eigenvalue weighted by molar-refractivity contribution is 8.26. The van der Waals surface area contributed by atoms with Gasteiger partial charge in [-0.25, -0.2) is 0 Å². The number of para-hydroxylation sites is 1. The zero-order valence-electron chi connectivity index (χ0n) is 17.3. The van der Waals surface area contributed by atoms with Crippen molar-refractivity contribution in [1.82, 2.24) is 4.90 Å². The van der Waals surface area contributed by atoms with Gasteiger partial charge in [-0.05, 0) is 49.2 Å². The van der Waals surface area contributed by atoms with E-state index in [0.717, 1.165) is 11.3 Å². The lowest BCUT2D eigenvalue weighted by Crippen LogP contribution is -2.22. The highest BCUT2D eigenvalue weighted by atomic mass is 32.2. The number of carbonyl (C=O) groups is 1. The van der Waals surface area contributed by atoms with E-state index in [9.17, 15) is 4.79 Å². The lowest BCUT2D eigenvalue weighted by molar-refractivity contribution is -0.121. The van der Waals surface area contributed by atoms with E-state index in [1.54, 1.807) is 7.05 Å². The maximum atomic E-state index is 12.2. The maximum Gasteiger partial charge on any atom is 0.265 e. The number of nitrogens with zero attached hydrogens (tertiary/aromatic N) is 1. The van der Waals surface area contributed by atoms with Crippen LogP contribution in [0.5, 0.6) is 11.5 Å². The fraction of sp³-hybridized carbons (Fsp3) is 0.304. The molecule has 0 saturated carbocycles. The van der Waals surface area contributed by atoms with Crippen LogP contribution >= 0.6 is 24.0 Å². The monoisotopic (exact) mass is 443 g/mol. The number of benzene rings is 2. The largest absolute Gasteiger partial charge is 0.491 e. The first kappa shape index (κ1) is 22.3. The van der Waals surface area contributed by atoms with Gasteiger partial charge in [-0.2, -0.15) is 0 Å². The average Bonchev–Trinajstić information content (AvgIpc) is 2.97. The second-order valence-corrected chi connectivity index (χ2v) is 8.51. The number of amides is 1. The first-order valence-corrected chi connectivity index (χ1v) is 10.9. The second-order valence-electron chi connectivity index (χ2n) is 6.83. The fourth-order valence-corrected chi connectivity index (χ4v) is 3.92. The first-order chi connectivity index (χ1) is 14.5. The summed E-state index contributed by atoms with van der Waals surface area (Å²) < 4.78 is 17.7. The molecule has 0 aliphatic carbocycles. The molecular formula is C23H25NO4S2. The Balaban J connectivity index is 1.43. The van der Waals surface area contributed by atoms with Crippen molar-refractivity contribution >= 4 is 40.3 Å². The van der Waals surface area contributed by atoms with Crippen molar-refractivity contribution < 1.29 is 19.0 Å². The molecule has 2 aromatic rings. The van der Waals surface area contributed by atoms with E-state index < -0.39 is 0 Å². The van der Waals surface area contributed by atoms with Crippen LogP contribution in [0, 0.1) is 13.8 Å². The number of likely N-dealkylation sites (N-methyl/N-ethyl adjacent to an activating group) is 1. The summed E-state index contributed by atoms with van der Waals surface area (Å²) in [5.74, 6) is 1.46. The summed E-state index contributed by atoms with van der Waals surface area (Å²) in [4.78, 5) is 14.3. The van der Waals surface area contributed by atoms with E-state index in [-0.39, 0.29) is 5.91 Å². The SMILES string of the molecule is Cc1ccc(OCCOCCOc2ccccc2/C=C2\SC(=S)N(C)C2=O)cc1C. The summed E-state index contributed by atoms with van der Waals surface area (Å²) in [5.41, 5.74) is 3.29. The van der Waals surface area contributed by atoms with Gasteiger partial charge in [0, 0.05) is 12.6 Å². The van der Waals surface area contributed by atoms with Crippen molar-refractivity contribution in [3.8, 4) is 11.5 Å². The third-order valence-electron chi connectivity index (χ3n) is 4.65. The van der Waals surface area contributed by atoms with Crippen LogP contribution in [0.15, 0.2) is 47.4 Å². The topological polar surface area (TPSA) is 48.0 Å². The Kier molecular flexibility index (Phi) is 7.90. The molecule has 0 atom stereocenters. The van der Waals surface area contributed by atoms with Gasteiger partial charge in [0.15, 0.2) is 0 Å². The van der Waals surface area contributed by atoms with Crippen molar-refractivity contribution in [2.75, 3.05) is 33.5 Å². The molecule has 1 aliphatic rings. The molecule has 1 heterocycles. The molecule has 0 spiro atoms. The minimum atomic E-state index is -0.0908. The van der Waals surface area contributed by atoms with E-state index >= 15 is 0 Å². The number of thiocarbonyl (C=S) groups is 1. The molecule has 0 unspecified atom stereocenters. The van der Waals surface area contributed by atoms with E-state index in [1.807, 2.05) is 42.5 Å². The predicted octanol–water partition coefficient (Wildman–Crippen LogP) is 4.61. The number of thioether (sulfide) groups is 1. The first-order valence-electron chi connectivity index (χ1n) is 9.67. The highest BCUT2D eigenvalue weighted by Gasteiger charge is 2.28. The van der Waals surface area contributed by atoms with Gasteiger partial charge in [-0.15, -0.1) is 0 Å². The zero-order chi connectivity index (χ0) is 21.5. The van der Waals surface area contributed by atoms with E-state index in [4.69, 9.17) is 26.4 Å². The Morgan fingerprint density at radius 1 is 1.00 bits per heavy atom. The molecule has 3 rings (SSSR count). The minimum absolute atomic E-state index is 0.0908. The van der Waals surface area contributed by atoms with E-state index in [2.05, 4.69) is 19.9 Å². The summed E-state index contributed by atoms with van der Waals surface area (Å²) in [6, 6.07) is 13.6. The Bertz CT molecular complexity index is 958. The van der Waals surface area contributed by atoms with Crippen LogP contribution in [0.3, 0.4) is 0 Å². The summed E-state index contributed by atoms with van der Waals surface area (Å²) in [6.07, 6.45) is 1.82. The van der Waals surface area contributed by atoms with Crippen molar-refractivity contribution in [2.45, 2.75) is 13.8 Å². The Morgan fingerprint density at radius 2 is 1.73 bits per heavy atom. The lowest BCUT2D eigenvalue weighted by atomic mass is 10.1. The quantitative estimate of drug-likeness (QED) is 0.320. The van der Waals surface area contributed by atoms with Crippen LogP contribution in [0.25, 0.3) is 6.08 Å². The minimum Gasteiger partial charge on any atom is -0.491 e. The third-order valence-corrected chi connectivity index (χ3v) is 6.14. The van der Waals surface area contributed by atoms with Crippen LogP contribution in [-0.4, -0.2) is 48.6 Å². The van der Waals surface area contributed by atoms with Gasteiger partial charge in [0.1, 0.15) is 29.0 Å². The van der Waals surface area contributed by atoms with Crippen LogP contribution in [0.2, 0.25) is 0 Å². The molecular weight excluding hydrogens is 418 g/mol. The Morgan fingerprint density at radius 3 is 2.43 bits per heavy atom. The number of carbonyl (C=O) groups excluding carboxylic acids is 1. The van der Waals surface area contributed by atoms with Gasteiger partial charge in [0.25, 0.3) is 5.91 Å². The molecule has 1 saturated heterocycles. The summed E-state index contributed by atoms with van der Waals surface area (Å²) in [5, 5.41) is 0. The molecule has 5 nitrogen and oxygen atoms in total. The third kappa shape index (κ3) is 5.84. The number of hydrogen-bond acceptors (Lipinski definition) is 6. The number of aryl methyl sites for hydroxylation is 2. The average molecular weight is 444 g/mol. The summed E-state index contributed by atoms with van der Waals surface area (Å²) in [7, 11) is 1.68. The van der Waals surface area contributed by atoms with Gasteiger partial charge in [0.2, 0.25) is 0 Å². The smallest absolute Gasteiger partial charge is 0.265 e. The second kappa shape index (κ2) is 10.6. The number of ether oxygens (including phenoxy) is 3. The van der Waals surface area contributed by atoms with Crippen LogP contribution < -0.4 is 9.47 Å². The fourth-order valence-electron chi connectivity index (χ4n) is 2.75. The van der Waals surface area contributed by atoms with Crippen molar-refractivity contribution in [1.29, 1.82) is 0 Å². The Labute approximate surface area is 187 Å². The molecule has 2 aromatic carbocycles. The molecule has 1 amide bonds. The standard InChI is InChI=1S/C23H25NO4S2/c1-16-8-9-19(14-17(16)2)27-12-10-26-11-13-28-20-7-5-4-6-18(20)15-21-22(25)24(3)23(29)30-21/h4-9,14-15H,10-13H2,1-3H3/b21-15-. The molecule has 0 radical (unpaired) electrons. The molecule has 0 bridgehead atoms. The van der Waals surface area contributed by atoms with Gasteiger partial charge in [0.05, 0.1) is 18.1 Å². The maximum absolute atomic E-state index is 12.2.